The Kier molecular flexibility index (Phi) is 6.13. The lowest BCUT2D eigenvalue weighted by Crippen LogP contribution is -2.10. The van der Waals surface area contributed by atoms with E-state index in [0.717, 1.165) is 0 Å². The van der Waals surface area contributed by atoms with E-state index in [0.29, 0.717) is 23.7 Å². The van der Waals surface area contributed by atoms with E-state index in [9.17, 15) is 9.59 Å². The SMILES string of the molecule is COc1ccccc1Oc1c(C)oc2cc(OC(=O)CCc3cc(Cl)no3)ccc2c1=O. The topological polar surface area (TPSA) is 101 Å². The molecular weight excluding hydrogens is 438 g/mol. The maximum absolute atomic E-state index is 13.0. The lowest BCUT2D eigenvalue weighted by molar-refractivity contribution is -0.134. The first kappa shape index (κ1) is 21.5. The minimum Gasteiger partial charge on any atom is -0.493 e. The standard InChI is InChI=1S/C23H18ClNO7/c1-13-23(31-18-6-4-3-5-17(18)28-2)22(27)16-9-7-14(11-19(16)29-13)30-21(26)10-8-15-12-20(24)25-32-15/h3-7,9,11-12H,8,10H2,1-2H3. The summed E-state index contributed by atoms with van der Waals surface area (Å²) in [5.41, 5.74) is -0.0816. The van der Waals surface area contributed by atoms with E-state index in [4.69, 9.17) is 34.8 Å². The Bertz CT molecular complexity index is 1340. The number of benzene rings is 2. The molecule has 2 heterocycles. The number of rotatable bonds is 7. The lowest BCUT2D eigenvalue weighted by Gasteiger charge is -2.12. The Labute approximate surface area is 187 Å². The molecular formula is C23H18ClNO7. The predicted octanol–water partition coefficient (Wildman–Crippen LogP) is 5.08. The van der Waals surface area contributed by atoms with E-state index in [1.807, 2.05) is 0 Å². The average Bonchev–Trinajstić information content (AvgIpc) is 3.20. The number of fused-ring (bicyclic) bond motifs is 1. The number of esters is 1. The quantitative estimate of drug-likeness (QED) is 0.281. The van der Waals surface area contributed by atoms with Crippen LogP contribution in [0.2, 0.25) is 5.15 Å². The normalized spacial score (nSPS) is 10.8. The zero-order valence-electron chi connectivity index (χ0n) is 17.2. The van der Waals surface area contributed by atoms with Crippen LogP contribution in [0.1, 0.15) is 17.9 Å². The number of para-hydroxylation sites is 2. The largest absolute Gasteiger partial charge is 0.493 e. The van der Waals surface area contributed by atoms with Crippen LogP contribution < -0.4 is 19.6 Å². The van der Waals surface area contributed by atoms with Crippen molar-refractivity contribution in [2.75, 3.05) is 7.11 Å². The number of hydrogen-bond donors (Lipinski definition) is 0. The van der Waals surface area contributed by atoms with Gasteiger partial charge in [0.1, 0.15) is 22.9 Å². The molecule has 0 amide bonds. The third kappa shape index (κ3) is 4.60. The number of ether oxygens (including phenoxy) is 3. The van der Waals surface area contributed by atoms with E-state index < -0.39 is 5.97 Å². The maximum Gasteiger partial charge on any atom is 0.311 e. The second-order valence-electron chi connectivity index (χ2n) is 6.82. The van der Waals surface area contributed by atoms with Gasteiger partial charge in [-0.2, -0.15) is 0 Å². The smallest absolute Gasteiger partial charge is 0.311 e. The van der Waals surface area contributed by atoms with E-state index in [-0.39, 0.29) is 45.2 Å². The van der Waals surface area contributed by atoms with Crippen molar-refractivity contribution in [3.63, 3.8) is 0 Å². The van der Waals surface area contributed by atoms with E-state index in [1.165, 1.54) is 31.4 Å². The van der Waals surface area contributed by atoms with E-state index in [1.54, 1.807) is 31.2 Å². The van der Waals surface area contributed by atoms with Gasteiger partial charge in [0.15, 0.2) is 16.7 Å². The highest BCUT2D eigenvalue weighted by Crippen LogP contribution is 2.32. The number of aryl methyl sites for hydroxylation is 2. The van der Waals surface area contributed by atoms with Crippen molar-refractivity contribution in [1.82, 2.24) is 5.16 Å². The fourth-order valence-corrected chi connectivity index (χ4v) is 3.23. The summed E-state index contributed by atoms with van der Waals surface area (Å²) < 4.78 is 27.1. The van der Waals surface area contributed by atoms with Gasteiger partial charge in [0, 0.05) is 18.6 Å². The van der Waals surface area contributed by atoms with Crippen LogP contribution in [0.4, 0.5) is 0 Å². The van der Waals surface area contributed by atoms with Gasteiger partial charge in [0.2, 0.25) is 11.2 Å². The summed E-state index contributed by atoms with van der Waals surface area (Å²) >= 11 is 5.69. The van der Waals surface area contributed by atoms with Crippen molar-refractivity contribution in [2.45, 2.75) is 19.8 Å². The molecule has 4 rings (SSSR count). The second kappa shape index (κ2) is 9.15. The van der Waals surface area contributed by atoms with Crippen LogP contribution in [0.3, 0.4) is 0 Å². The first-order valence-electron chi connectivity index (χ1n) is 9.64. The van der Waals surface area contributed by atoms with Gasteiger partial charge >= 0.3 is 5.97 Å². The summed E-state index contributed by atoms with van der Waals surface area (Å²) in [5.74, 6) is 1.46. The molecule has 2 aromatic carbocycles. The monoisotopic (exact) mass is 455 g/mol. The van der Waals surface area contributed by atoms with Gasteiger partial charge in [-0.05, 0) is 31.2 Å². The van der Waals surface area contributed by atoms with Crippen LogP contribution >= 0.6 is 11.6 Å². The maximum atomic E-state index is 13.0. The van der Waals surface area contributed by atoms with Gasteiger partial charge in [-0.3, -0.25) is 9.59 Å². The van der Waals surface area contributed by atoms with Crippen molar-refractivity contribution in [2.24, 2.45) is 0 Å². The third-order valence-corrected chi connectivity index (χ3v) is 4.78. The van der Waals surface area contributed by atoms with Crippen molar-refractivity contribution in [3.8, 4) is 23.0 Å². The molecule has 4 aromatic rings. The predicted molar refractivity (Wildman–Crippen MR) is 116 cm³/mol. The first-order valence-corrected chi connectivity index (χ1v) is 10.0. The summed E-state index contributed by atoms with van der Waals surface area (Å²) in [6.45, 7) is 1.62. The van der Waals surface area contributed by atoms with Crippen LogP contribution in [-0.4, -0.2) is 18.2 Å². The molecule has 0 bridgehead atoms. The minimum atomic E-state index is -0.480. The molecule has 0 saturated heterocycles. The second-order valence-corrected chi connectivity index (χ2v) is 7.20. The molecule has 0 aliphatic carbocycles. The summed E-state index contributed by atoms with van der Waals surface area (Å²) in [7, 11) is 1.52. The molecule has 0 fully saturated rings. The number of methoxy groups -OCH3 is 1. The average molecular weight is 456 g/mol. The molecule has 0 N–H and O–H groups in total. The van der Waals surface area contributed by atoms with Gasteiger partial charge in [-0.25, -0.2) is 0 Å². The zero-order valence-corrected chi connectivity index (χ0v) is 18.0. The van der Waals surface area contributed by atoms with E-state index in [2.05, 4.69) is 5.16 Å². The molecule has 0 spiro atoms. The van der Waals surface area contributed by atoms with Gasteiger partial charge in [-0.1, -0.05) is 28.9 Å². The highest BCUT2D eigenvalue weighted by molar-refractivity contribution is 6.29. The number of aromatic nitrogens is 1. The minimum absolute atomic E-state index is 0.0532. The van der Waals surface area contributed by atoms with Crippen LogP contribution in [-0.2, 0) is 11.2 Å². The molecule has 164 valence electrons. The molecule has 0 aliphatic rings. The van der Waals surface area contributed by atoms with Crippen molar-refractivity contribution >= 4 is 28.5 Å². The number of nitrogens with zero attached hydrogens (tertiary/aromatic N) is 1. The molecule has 0 aliphatic heterocycles. The Balaban J connectivity index is 1.54. The molecule has 0 saturated carbocycles. The Morgan fingerprint density at radius 3 is 2.62 bits per heavy atom. The van der Waals surface area contributed by atoms with Gasteiger partial charge in [-0.15, -0.1) is 0 Å². The highest BCUT2D eigenvalue weighted by atomic mass is 35.5. The fourth-order valence-electron chi connectivity index (χ4n) is 3.08. The van der Waals surface area contributed by atoms with Gasteiger partial charge < -0.3 is 23.2 Å². The van der Waals surface area contributed by atoms with Crippen LogP contribution in [0.15, 0.2) is 62.3 Å². The Morgan fingerprint density at radius 1 is 1.12 bits per heavy atom. The number of carbonyl (C=O) groups excluding carboxylic acids is 1. The van der Waals surface area contributed by atoms with Crippen molar-refractivity contribution in [1.29, 1.82) is 0 Å². The Hall–Kier alpha value is -3.78. The molecule has 0 radical (unpaired) electrons. The van der Waals surface area contributed by atoms with Gasteiger partial charge in [0.05, 0.1) is 18.9 Å². The summed E-state index contributed by atoms with van der Waals surface area (Å²) in [4.78, 5) is 25.1. The summed E-state index contributed by atoms with van der Waals surface area (Å²) in [5, 5.41) is 4.06. The van der Waals surface area contributed by atoms with Crippen LogP contribution in [0, 0.1) is 6.92 Å². The van der Waals surface area contributed by atoms with Gasteiger partial charge in [0.25, 0.3) is 0 Å². The fraction of sp³-hybridized carbons (Fsp3) is 0.174. The molecule has 0 unspecified atom stereocenters. The summed E-state index contributed by atoms with van der Waals surface area (Å²) in [6.07, 6.45) is 0.363. The molecule has 8 nitrogen and oxygen atoms in total. The molecule has 32 heavy (non-hydrogen) atoms. The van der Waals surface area contributed by atoms with Crippen molar-refractivity contribution < 1.29 is 27.9 Å². The first-order chi connectivity index (χ1) is 15.4. The van der Waals surface area contributed by atoms with Crippen molar-refractivity contribution in [3.05, 3.63) is 75.4 Å². The number of hydrogen-bond acceptors (Lipinski definition) is 8. The van der Waals surface area contributed by atoms with E-state index >= 15 is 0 Å². The molecule has 9 heteroatoms. The lowest BCUT2D eigenvalue weighted by atomic mass is 10.2. The Morgan fingerprint density at radius 2 is 1.91 bits per heavy atom. The van der Waals surface area contributed by atoms with Crippen LogP contribution in [0.25, 0.3) is 11.0 Å². The molecule has 0 atom stereocenters. The molecule has 2 aromatic heterocycles. The number of halogens is 1. The third-order valence-electron chi connectivity index (χ3n) is 4.61. The zero-order chi connectivity index (χ0) is 22.7. The number of carbonyl (C=O) groups is 1. The highest BCUT2D eigenvalue weighted by Gasteiger charge is 2.17. The van der Waals surface area contributed by atoms with Crippen LogP contribution in [0.5, 0.6) is 23.0 Å². The summed E-state index contributed by atoms with van der Waals surface area (Å²) in [6, 6.07) is 13.0.